The summed E-state index contributed by atoms with van der Waals surface area (Å²) in [4.78, 5) is 4.46. The Morgan fingerprint density at radius 3 is 2.10 bits per heavy atom. The summed E-state index contributed by atoms with van der Waals surface area (Å²) in [5.41, 5.74) is 0. The van der Waals surface area contributed by atoms with Crippen LogP contribution >= 0.6 is 0 Å². The van der Waals surface area contributed by atoms with Gasteiger partial charge in [0.2, 0.25) is 0 Å². The second-order valence-corrected chi connectivity index (χ2v) is 6.21. The highest BCUT2D eigenvalue weighted by Crippen LogP contribution is 2.12. The molecule has 0 bridgehead atoms. The number of nitrogens with zero attached hydrogens (tertiary/aromatic N) is 1. The van der Waals surface area contributed by atoms with Gasteiger partial charge in [0.15, 0.2) is 0 Å². The summed E-state index contributed by atoms with van der Waals surface area (Å²) in [6.45, 7) is 4.84. The molecule has 2 unspecified atom stereocenters. The van der Waals surface area contributed by atoms with Gasteiger partial charge in [-0.25, -0.2) is 0 Å². The Kier molecular flexibility index (Phi) is 9.73. The molecule has 0 radical (unpaired) electrons. The van der Waals surface area contributed by atoms with Gasteiger partial charge in [-0.1, -0.05) is 64.7 Å². The van der Waals surface area contributed by atoms with Crippen LogP contribution in [-0.4, -0.2) is 29.6 Å². The van der Waals surface area contributed by atoms with Gasteiger partial charge in [0, 0.05) is 6.42 Å². The SMILES string of the molecule is CCCCCCCCCCCCC1=NCC(C(C)O)N1. The van der Waals surface area contributed by atoms with Gasteiger partial charge in [-0.15, -0.1) is 0 Å². The monoisotopic (exact) mass is 282 g/mol. The van der Waals surface area contributed by atoms with Crippen molar-refractivity contribution in [2.75, 3.05) is 6.54 Å². The van der Waals surface area contributed by atoms with Crippen LogP contribution < -0.4 is 5.32 Å². The molecule has 0 amide bonds. The van der Waals surface area contributed by atoms with Gasteiger partial charge in [-0.3, -0.25) is 4.99 Å². The summed E-state index contributed by atoms with van der Waals surface area (Å²) in [6.07, 6.45) is 14.5. The van der Waals surface area contributed by atoms with Gasteiger partial charge in [0.1, 0.15) is 0 Å². The minimum absolute atomic E-state index is 0.146. The fraction of sp³-hybridized carbons (Fsp3) is 0.941. The molecule has 20 heavy (non-hydrogen) atoms. The molecule has 2 atom stereocenters. The molecule has 0 saturated carbocycles. The van der Waals surface area contributed by atoms with E-state index in [0.29, 0.717) is 0 Å². The molecule has 3 nitrogen and oxygen atoms in total. The van der Waals surface area contributed by atoms with Gasteiger partial charge < -0.3 is 10.4 Å². The maximum absolute atomic E-state index is 9.48. The van der Waals surface area contributed by atoms with E-state index in [4.69, 9.17) is 0 Å². The molecule has 2 N–H and O–H groups in total. The lowest BCUT2D eigenvalue weighted by Gasteiger charge is -2.14. The predicted octanol–water partition coefficient (Wildman–Crippen LogP) is 4.05. The maximum Gasteiger partial charge on any atom is 0.0967 e. The Morgan fingerprint density at radius 1 is 1.05 bits per heavy atom. The first kappa shape index (κ1) is 17.5. The zero-order chi connectivity index (χ0) is 14.6. The first-order chi connectivity index (χ1) is 9.74. The van der Waals surface area contributed by atoms with E-state index in [1.807, 2.05) is 6.92 Å². The lowest BCUT2D eigenvalue weighted by molar-refractivity contribution is 0.161. The fourth-order valence-electron chi connectivity index (χ4n) is 2.72. The van der Waals surface area contributed by atoms with E-state index in [1.165, 1.54) is 64.2 Å². The molecule has 0 aromatic heterocycles. The number of hydrogen-bond donors (Lipinski definition) is 2. The first-order valence-electron chi connectivity index (χ1n) is 8.72. The summed E-state index contributed by atoms with van der Waals surface area (Å²) in [5, 5.41) is 12.8. The third-order valence-electron chi connectivity index (χ3n) is 4.18. The highest BCUT2D eigenvalue weighted by Gasteiger charge is 2.20. The number of unbranched alkanes of at least 4 members (excludes halogenated alkanes) is 9. The van der Waals surface area contributed by atoms with Gasteiger partial charge in [-0.2, -0.15) is 0 Å². The van der Waals surface area contributed by atoms with Crippen molar-refractivity contribution in [1.82, 2.24) is 5.32 Å². The van der Waals surface area contributed by atoms with Crippen LogP contribution in [0.2, 0.25) is 0 Å². The zero-order valence-corrected chi connectivity index (χ0v) is 13.5. The zero-order valence-electron chi connectivity index (χ0n) is 13.5. The van der Waals surface area contributed by atoms with Crippen molar-refractivity contribution in [2.24, 2.45) is 4.99 Å². The van der Waals surface area contributed by atoms with Crippen LogP contribution in [0, 0.1) is 0 Å². The maximum atomic E-state index is 9.48. The lowest BCUT2D eigenvalue weighted by Crippen LogP contribution is -2.38. The topological polar surface area (TPSA) is 44.6 Å². The normalized spacial score (nSPS) is 19.8. The number of aliphatic hydroxyl groups is 1. The van der Waals surface area contributed by atoms with E-state index in [0.717, 1.165) is 18.8 Å². The van der Waals surface area contributed by atoms with Crippen molar-refractivity contribution in [3.8, 4) is 0 Å². The van der Waals surface area contributed by atoms with E-state index in [9.17, 15) is 5.11 Å². The predicted molar refractivity (Wildman–Crippen MR) is 87.4 cm³/mol. The Labute approximate surface area is 125 Å². The summed E-state index contributed by atoms with van der Waals surface area (Å²) in [7, 11) is 0. The summed E-state index contributed by atoms with van der Waals surface area (Å²) >= 11 is 0. The number of nitrogens with one attached hydrogen (secondary N) is 1. The van der Waals surface area contributed by atoms with E-state index in [-0.39, 0.29) is 12.1 Å². The van der Waals surface area contributed by atoms with Crippen LogP contribution in [0.5, 0.6) is 0 Å². The minimum atomic E-state index is -0.302. The molecule has 3 heteroatoms. The number of amidine groups is 1. The molecule has 0 aromatic rings. The van der Waals surface area contributed by atoms with Gasteiger partial charge in [0.25, 0.3) is 0 Å². The van der Waals surface area contributed by atoms with Crippen LogP contribution in [0.15, 0.2) is 4.99 Å². The molecule has 1 aliphatic heterocycles. The molecule has 1 heterocycles. The van der Waals surface area contributed by atoms with E-state index >= 15 is 0 Å². The summed E-state index contributed by atoms with van der Waals surface area (Å²) < 4.78 is 0. The summed E-state index contributed by atoms with van der Waals surface area (Å²) in [6, 6.07) is 0.146. The lowest BCUT2D eigenvalue weighted by atomic mass is 10.1. The third kappa shape index (κ3) is 7.88. The highest BCUT2D eigenvalue weighted by molar-refractivity contribution is 5.84. The third-order valence-corrected chi connectivity index (χ3v) is 4.18. The Hall–Kier alpha value is -0.570. The molecule has 0 aromatic carbocycles. The number of aliphatic hydroxyl groups excluding tert-OH is 1. The van der Waals surface area contributed by atoms with Crippen LogP contribution in [0.25, 0.3) is 0 Å². The quantitative estimate of drug-likeness (QED) is 0.530. The van der Waals surface area contributed by atoms with Crippen molar-refractivity contribution in [2.45, 2.75) is 96.6 Å². The van der Waals surface area contributed by atoms with Crippen LogP contribution in [0.1, 0.15) is 84.5 Å². The number of rotatable bonds is 12. The fourth-order valence-corrected chi connectivity index (χ4v) is 2.72. The molecule has 1 rings (SSSR count). The largest absolute Gasteiger partial charge is 0.391 e. The van der Waals surface area contributed by atoms with E-state index < -0.39 is 0 Å². The number of aliphatic imine (C=N–C) groups is 1. The van der Waals surface area contributed by atoms with Crippen molar-refractivity contribution in [1.29, 1.82) is 0 Å². The number of hydrogen-bond acceptors (Lipinski definition) is 3. The standard InChI is InChI=1S/C17H34N2O/c1-3-4-5-6-7-8-9-10-11-12-13-17-18-14-16(19-17)15(2)20/h15-16,20H,3-14H2,1-2H3,(H,18,19). The van der Waals surface area contributed by atoms with Crippen LogP contribution in [0.4, 0.5) is 0 Å². The van der Waals surface area contributed by atoms with Crippen molar-refractivity contribution >= 4 is 5.84 Å². The van der Waals surface area contributed by atoms with Gasteiger partial charge in [-0.05, 0) is 13.3 Å². The molecule has 0 fully saturated rings. The van der Waals surface area contributed by atoms with Crippen LogP contribution in [0.3, 0.4) is 0 Å². The Balaban J connectivity index is 1.84. The molecule has 0 spiro atoms. The molecule has 0 aliphatic carbocycles. The second-order valence-electron chi connectivity index (χ2n) is 6.21. The smallest absolute Gasteiger partial charge is 0.0967 e. The van der Waals surface area contributed by atoms with Crippen molar-refractivity contribution < 1.29 is 5.11 Å². The minimum Gasteiger partial charge on any atom is -0.391 e. The molecular formula is C17H34N2O. The Morgan fingerprint density at radius 2 is 1.60 bits per heavy atom. The van der Waals surface area contributed by atoms with E-state index in [2.05, 4.69) is 17.2 Å². The van der Waals surface area contributed by atoms with Crippen molar-refractivity contribution in [3.05, 3.63) is 0 Å². The molecular weight excluding hydrogens is 248 g/mol. The molecule has 118 valence electrons. The van der Waals surface area contributed by atoms with Crippen LogP contribution in [-0.2, 0) is 0 Å². The summed E-state index contributed by atoms with van der Waals surface area (Å²) in [5.74, 6) is 1.11. The first-order valence-corrected chi connectivity index (χ1v) is 8.72. The van der Waals surface area contributed by atoms with Gasteiger partial charge in [0.05, 0.1) is 24.5 Å². The molecule has 1 aliphatic rings. The Bertz CT molecular complexity index is 264. The average molecular weight is 282 g/mol. The second kappa shape index (κ2) is 11.1. The molecule has 0 saturated heterocycles. The highest BCUT2D eigenvalue weighted by atomic mass is 16.3. The van der Waals surface area contributed by atoms with E-state index in [1.54, 1.807) is 0 Å². The van der Waals surface area contributed by atoms with Crippen molar-refractivity contribution in [3.63, 3.8) is 0 Å². The average Bonchev–Trinajstić information content (AvgIpc) is 2.90. The van der Waals surface area contributed by atoms with Gasteiger partial charge >= 0.3 is 0 Å².